The molecule has 1 aliphatic rings. The van der Waals surface area contributed by atoms with E-state index in [1.807, 2.05) is 38.1 Å². The van der Waals surface area contributed by atoms with Crippen molar-refractivity contribution in [2.45, 2.75) is 71.4 Å². The second-order valence-corrected chi connectivity index (χ2v) is 7.99. The number of carbonyl (C=O) groups is 3. The lowest BCUT2D eigenvalue weighted by Gasteiger charge is -2.40. The van der Waals surface area contributed by atoms with Gasteiger partial charge in [0.25, 0.3) is 5.91 Å². The predicted octanol–water partition coefficient (Wildman–Crippen LogP) is 3.62. The molecule has 31 heavy (non-hydrogen) atoms. The number of unbranched alkanes of at least 4 members (excludes halogenated alkanes) is 1. The van der Waals surface area contributed by atoms with Crippen LogP contribution in [-0.4, -0.2) is 49.0 Å². The summed E-state index contributed by atoms with van der Waals surface area (Å²) < 4.78 is 10.6. The Morgan fingerprint density at radius 2 is 1.84 bits per heavy atom. The van der Waals surface area contributed by atoms with Gasteiger partial charge in [-0.1, -0.05) is 39.3 Å². The summed E-state index contributed by atoms with van der Waals surface area (Å²) >= 11 is 0. The van der Waals surface area contributed by atoms with Crippen molar-refractivity contribution in [2.75, 3.05) is 20.3 Å². The number of ether oxygens (including phenoxy) is 2. The van der Waals surface area contributed by atoms with Crippen LogP contribution in [-0.2, 0) is 19.1 Å². The van der Waals surface area contributed by atoms with E-state index in [0.29, 0.717) is 25.1 Å². The minimum absolute atomic E-state index is 0.0461. The first-order chi connectivity index (χ1) is 14.9. The average Bonchev–Trinajstić information content (AvgIpc) is 2.80. The van der Waals surface area contributed by atoms with Gasteiger partial charge in [0.2, 0.25) is 5.91 Å². The molecule has 0 unspecified atom stereocenters. The molecular weight excluding hydrogens is 396 g/mol. The number of hydrogen-bond donors (Lipinski definition) is 1. The fourth-order valence-corrected chi connectivity index (χ4v) is 4.01. The van der Waals surface area contributed by atoms with Gasteiger partial charge in [-0.25, -0.2) is 0 Å². The number of likely N-dealkylation sites (tertiary alicyclic amines) is 1. The zero-order chi connectivity index (χ0) is 22.8. The van der Waals surface area contributed by atoms with Crippen LogP contribution in [0.5, 0.6) is 5.75 Å². The van der Waals surface area contributed by atoms with E-state index in [0.717, 1.165) is 31.2 Å². The van der Waals surface area contributed by atoms with Crippen LogP contribution >= 0.6 is 0 Å². The monoisotopic (exact) mass is 432 g/mol. The van der Waals surface area contributed by atoms with Crippen molar-refractivity contribution in [3.05, 3.63) is 29.8 Å². The number of benzene rings is 1. The van der Waals surface area contributed by atoms with Crippen LogP contribution in [0, 0.1) is 5.92 Å². The Labute approximate surface area is 185 Å². The first kappa shape index (κ1) is 24.7. The maximum absolute atomic E-state index is 13.0. The van der Waals surface area contributed by atoms with E-state index in [2.05, 4.69) is 12.2 Å². The maximum atomic E-state index is 13.0. The van der Waals surface area contributed by atoms with E-state index in [1.165, 1.54) is 0 Å². The highest BCUT2D eigenvalue weighted by atomic mass is 16.5. The third-order valence-corrected chi connectivity index (χ3v) is 5.92. The normalized spacial score (nSPS) is 18.7. The second-order valence-electron chi connectivity index (χ2n) is 7.99. The van der Waals surface area contributed by atoms with Crippen molar-refractivity contribution in [3.8, 4) is 5.75 Å². The van der Waals surface area contributed by atoms with Crippen molar-refractivity contribution in [2.24, 2.45) is 5.92 Å². The van der Waals surface area contributed by atoms with Crippen LogP contribution in [0.2, 0.25) is 0 Å². The Bertz CT molecular complexity index is 730. The third kappa shape index (κ3) is 6.71. The van der Waals surface area contributed by atoms with Crippen molar-refractivity contribution in [1.82, 2.24) is 10.2 Å². The lowest BCUT2D eigenvalue weighted by Crippen LogP contribution is -2.46. The molecule has 7 nitrogen and oxygen atoms in total. The van der Waals surface area contributed by atoms with E-state index in [9.17, 15) is 14.4 Å². The number of amides is 2. The Morgan fingerprint density at radius 3 is 2.42 bits per heavy atom. The van der Waals surface area contributed by atoms with Gasteiger partial charge in [0.05, 0.1) is 19.1 Å². The lowest BCUT2D eigenvalue weighted by molar-refractivity contribution is -0.160. The fraction of sp³-hybridized carbons (Fsp3) is 0.625. The first-order valence-electron chi connectivity index (χ1n) is 11.3. The Morgan fingerprint density at radius 1 is 1.16 bits per heavy atom. The summed E-state index contributed by atoms with van der Waals surface area (Å²) in [5, 5.41) is 2.88. The number of rotatable bonds is 11. The largest absolute Gasteiger partial charge is 0.497 e. The minimum atomic E-state index is -0.510. The molecule has 1 aromatic carbocycles. The van der Waals surface area contributed by atoms with Gasteiger partial charge in [-0.05, 0) is 43.4 Å². The number of nitrogens with zero attached hydrogens (tertiary/aromatic N) is 1. The van der Waals surface area contributed by atoms with Gasteiger partial charge in [0.1, 0.15) is 5.75 Å². The molecule has 1 fully saturated rings. The highest BCUT2D eigenvalue weighted by molar-refractivity contribution is 5.84. The van der Waals surface area contributed by atoms with Crippen LogP contribution in [0.4, 0.5) is 0 Å². The summed E-state index contributed by atoms with van der Waals surface area (Å²) in [6.07, 6.45) is 4.17. The SMILES string of the molecule is CCCCN1C(=O)CC[C@H](C(=O)OCC(=O)NC(CC)CC)[C@@H]1c1ccc(OC)cc1. The van der Waals surface area contributed by atoms with Gasteiger partial charge in [-0.15, -0.1) is 0 Å². The molecular formula is C24H36N2O5. The molecule has 1 N–H and O–H groups in total. The predicted molar refractivity (Wildman–Crippen MR) is 119 cm³/mol. The van der Waals surface area contributed by atoms with Crippen molar-refractivity contribution in [3.63, 3.8) is 0 Å². The molecule has 0 saturated carbocycles. The van der Waals surface area contributed by atoms with Gasteiger partial charge >= 0.3 is 5.97 Å². The summed E-state index contributed by atoms with van der Waals surface area (Å²) in [4.78, 5) is 39.7. The molecule has 7 heteroatoms. The summed E-state index contributed by atoms with van der Waals surface area (Å²) in [6.45, 7) is 6.36. The van der Waals surface area contributed by atoms with E-state index in [-0.39, 0.29) is 24.5 Å². The topological polar surface area (TPSA) is 84.9 Å². The Balaban J connectivity index is 2.18. The van der Waals surface area contributed by atoms with Gasteiger partial charge in [-0.3, -0.25) is 14.4 Å². The number of piperidine rings is 1. The minimum Gasteiger partial charge on any atom is -0.497 e. The van der Waals surface area contributed by atoms with Crippen LogP contribution < -0.4 is 10.1 Å². The molecule has 1 saturated heterocycles. The van der Waals surface area contributed by atoms with Crippen molar-refractivity contribution < 1.29 is 23.9 Å². The molecule has 2 amide bonds. The molecule has 1 aliphatic heterocycles. The number of carbonyl (C=O) groups excluding carboxylic acids is 3. The molecule has 0 spiro atoms. The summed E-state index contributed by atoms with van der Waals surface area (Å²) in [5.74, 6) is -0.482. The Kier molecular flexibility index (Phi) is 9.82. The molecule has 1 aromatic rings. The molecule has 0 aromatic heterocycles. The molecule has 2 atom stereocenters. The average molecular weight is 433 g/mol. The van der Waals surface area contributed by atoms with E-state index in [4.69, 9.17) is 9.47 Å². The fourth-order valence-electron chi connectivity index (χ4n) is 4.01. The molecule has 0 radical (unpaired) electrons. The summed E-state index contributed by atoms with van der Waals surface area (Å²) in [5.41, 5.74) is 0.869. The summed E-state index contributed by atoms with van der Waals surface area (Å²) in [7, 11) is 1.60. The van der Waals surface area contributed by atoms with Gasteiger partial charge in [0, 0.05) is 19.0 Å². The zero-order valence-corrected chi connectivity index (χ0v) is 19.2. The van der Waals surface area contributed by atoms with Crippen LogP contribution in [0.25, 0.3) is 0 Å². The van der Waals surface area contributed by atoms with E-state index >= 15 is 0 Å². The Hall–Kier alpha value is -2.57. The van der Waals surface area contributed by atoms with Crippen LogP contribution in [0.1, 0.15) is 70.9 Å². The molecule has 0 bridgehead atoms. The van der Waals surface area contributed by atoms with E-state index in [1.54, 1.807) is 12.0 Å². The third-order valence-electron chi connectivity index (χ3n) is 5.92. The maximum Gasteiger partial charge on any atom is 0.311 e. The van der Waals surface area contributed by atoms with Crippen LogP contribution in [0.15, 0.2) is 24.3 Å². The van der Waals surface area contributed by atoms with Crippen molar-refractivity contribution in [1.29, 1.82) is 0 Å². The number of hydrogen-bond acceptors (Lipinski definition) is 5. The van der Waals surface area contributed by atoms with Crippen molar-refractivity contribution >= 4 is 17.8 Å². The second kappa shape index (κ2) is 12.3. The van der Waals surface area contributed by atoms with Gasteiger partial charge < -0.3 is 19.7 Å². The number of nitrogens with one attached hydrogen (secondary N) is 1. The number of methoxy groups -OCH3 is 1. The highest BCUT2D eigenvalue weighted by Gasteiger charge is 2.41. The number of esters is 1. The van der Waals surface area contributed by atoms with Gasteiger partial charge in [0.15, 0.2) is 6.61 Å². The van der Waals surface area contributed by atoms with Gasteiger partial charge in [-0.2, -0.15) is 0 Å². The quantitative estimate of drug-likeness (QED) is 0.540. The first-order valence-corrected chi connectivity index (χ1v) is 11.3. The van der Waals surface area contributed by atoms with Crippen LogP contribution in [0.3, 0.4) is 0 Å². The lowest BCUT2D eigenvalue weighted by atomic mass is 9.84. The highest BCUT2D eigenvalue weighted by Crippen LogP contribution is 2.38. The molecule has 172 valence electrons. The standard InChI is InChI=1S/C24H36N2O5/c1-5-8-15-26-22(28)14-13-20(23(26)17-9-11-19(30-4)12-10-17)24(29)31-16-21(27)25-18(6-2)7-3/h9-12,18,20,23H,5-8,13-16H2,1-4H3,(H,25,27)/t20-,23-/m0/s1. The zero-order valence-electron chi connectivity index (χ0n) is 19.2. The molecule has 2 rings (SSSR count). The molecule has 1 heterocycles. The van der Waals surface area contributed by atoms with E-state index < -0.39 is 17.9 Å². The molecule has 0 aliphatic carbocycles. The smallest absolute Gasteiger partial charge is 0.311 e. The summed E-state index contributed by atoms with van der Waals surface area (Å²) in [6, 6.07) is 7.11.